The minimum absolute atomic E-state index is 0.863. The highest BCUT2D eigenvalue weighted by Crippen LogP contribution is 2.24. The van der Waals surface area contributed by atoms with Crippen molar-refractivity contribution in [2.75, 3.05) is 0 Å². The largest absolute Gasteiger partial charge is 0.457 e. The molecule has 1 aromatic heterocycles. The summed E-state index contributed by atoms with van der Waals surface area (Å²) in [6.45, 7) is 0. The molecule has 0 spiro atoms. The second-order valence-corrected chi connectivity index (χ2v) is 4.21. The van der Waals surface area contributed by atoms with E-state index >= 15 is 0 Å². The standard InChI is InChI=1S/C10H7BrOS/c11-8-1-3-9(4-2-8)12-10-5-6-13-7-10/h1-7H. The lowest BCUT2D eigenvalue weighted by atomic mass is 10.3. The maximum Gasteiger partial charge on any atom is 0.138 e. The number of ether oxygens (including phenoxy) is 1. The van der Waals surface area contributed by atoms with Crippen molar-refractivity contribution >= 4 is 27.3 Å². The number of benzene rings is 1. The Morgan fingerprint density at radius 1 is 1.00 bits per heavy atom. The maximum atomic E-state index is 5.56. The molecule has 0 N–H and O–H groups in total. The van der Waals surface area contributed by atoms with Gasteiger partial charge in [0, 0.05) is 9.85 Å². The molecule has 66 valence electrons. The van der Waals surface area contributed by atoms with Crippen LogP contribution in [0.3, 0.4) is 0 Å². The first-order chi connectivity index (χ1) is 6.34. The highest BCUT2D eigenvalue weighted by atomic mass is 79.9. The summed E-state index contributed by atoms with van der Waals surface area (Å²) >= 11 is 5.00. The van der Waals surface area contributed by atoms with Crippen LogP contribution in [0.25, 0.3) is 0 Å². The third kappa shape index (κ3) is 2.32. The molecule has 0 aliphatic carbocycles. The molecule has 0 saturated carbocycles. The van der Waals surface area contributed by atoms with Gasteiger partial charge in [-0.2, -0.15) is 0 Å². The van der Waals surface area contributed by atoms with Crippen LogP contribution in [0.15, 0.2) is 45.6 Å². The lowest BCUT2D eigenvalue weighted by molar-refractivity contribution is 0.485. The van der Waals surface area contributed by atoms with E-state index in [-0.39, 0.29) is 0 Å². The van der Waals surface area contributed by atoms with Crippen molar-refractivity contribution in [2.45, 2.75) is 0 Å². The molecule has 0 unspecified atom stereocenters. The average Bonchev–Trinajstić information content (AvgIpc) is 2.62. The minimum Gasteiger partial charge on any atom is -0.457 e. The zero-order valence-corrected chi connectivity index (χ0v) is 9.14. The van der Waals surface area contributed by atoms with E-state index < -0.39 is 0 Å². The second kappa shape index (κ2) is 3.94. The molecule has 0 radical (unpaired) electrons. The molecule has 2 aromatic rings. The van der Waals surface area contributed by atoms with Crippen molar-refractivity contribution in [3.63, 3.8) is 0 Å². The number of rotatable bonds is 2. The number of halogens is 1. The van der Waals surface area contributed by atoms with Crippen LogP contribution in [-0.2, 0) is 0 Å². The summed E-state index contributed by atoms with van der Waals surface area (Å²) in [4.78, 5) is 0. The molecule has 0 saturated heterocycles. The summed E-state index contributed by atoms with van der Waals surface area (Å²) in [5.74, 6) is 1.76. The Kier molecular flexibility index (Phi) is 2.66. The summed E-state index contributed by atoms with van der Waals surface area (Å²) in [7, 11) is 0. The molecule has 13 heavy (non-hydrogen) atoms. The smallest absolute Gasteiger partial charge is 0.138 e. The van der Waals surface area contributed by atoms with Crippen LogP contribution in [0.2, 0.25) is 0 Å². The highest BCUT2D eigenvalue weighted by Gasteiger charge is 1.96. The molecular formula is C10H7BrOS. The van der Waals surface area contributed by atoms with E-state index in [9.17, 15) is 0 Å². The average molecular weight is 255 g/mol. The Labute approximate surface area is 89.1 Å². The SMILES string of the molecule is Brc1ccc(Oc2ccsc2)cc1. The molecular weight excluding hydrogens is 248 g/mol. The van der Waals surface area contributed by atoms with E-state index in [1.165, 1.54) is 0 Å². The fraction of sp³-hybridized carbons (Fsp3) is 0. The van der Waals surface area contributed by atoms with Gasteiger partial charge in [-0.25, -0.2) is 0 Å². The highest BCUT2D eigenvalue weighted by molar-refractivity contribution is 9.10. The zero-order valence-electron chi connectivity index (χ0n) is 6.74. The molecule has 0 aliphatic rings. The van der Waals surface area contributed by atoms with Crippen LogP contribution >= 0.6 is 27.3 Å². The Balaban J connectivity index is 2.15. The molecule has 3 heteroatoms. The number of hydrogen-bond acceptors (Lipinski definition) is 2. The van der Waals surface area contributed by atoms with Gasteiger partial charge in [0.15, 0.2) is 0 Å². The molecule has 0 bridgehead atoms. The van der Waals surface area contributed by atoms with Crippen molar-refractivity contribution in [3.8, 4) is 11.5 Å². The van der Waals surface area contributed by atoms with Crippen LogP contribution in [0.4, 0.5) is 0 Å². The van der Waals surface area contributed by atoms with E-state index in [0.717, 1.165) is 16.0 Å². The summed E-state index contributed by atoms with van der Waals surface area (Å²) in [5.41, 5.74) is 0. The molecule has 0 amide bonds. The minimum atomic E-state index is 0.863. The van der Waals surface area contributed by atoms with Crippen molar-refractivity contribution in [1.29, 1.82) is 0 Å². The zero-order chi connectivity index (χ0) is 9.10. The van der Waals surface area contributed by atoms with Gasteiger partial charge in [-0.3, -0.25) is 0 Å². The van der Waals surface area contributed by atoms with Gasteiger partial charge < -0.3 is 4.74 Å². The molecule has 1 aromatic carbocycles. The van der Waals surface area contributed by atoms with Gasteiger partial charge in [-0.05, 0) is 35.7 Å². The predicted octanol–water partition coefficient (Wildman–Crippen LogP) is 4.30. The van der Waals surface area contributed by atoms with Crippen molar-refractivity contribution in [3.05, 3.63) is 45.6 Å². The first-order valence-corrected chi connectivity index (χ1v) is 5.54. The van der Waals surface area contributed by atoms with E-state index in [1.54, 1.807) is 11.3 Å². The van der Waals surface area contributed by atoms with Crippen LogP contribution in [-0.4, -0.2) is 0 Å². The third-order valence-electron chi connectivity index (χ3n) is 1.54. The molecule has 0 fully saturated rings. The Hall–Kier alpha value is -0.800. The predicted molar refractivity (Wildman–Crippen MR) is 58.5 cm³/mol. The lowest BCUT2D eigenvalue weighted by Crippen LogP contribution is -1.79. The van der Waals surface area contributed by atoms with Crippen LogP contribution < -0.4 is 4.74 Å². The lowest BCUT2D eigenvalue weighted by Gasteiger charge is -2.01. The fourth-order valence-corrected chi connectivity index (χ4v) is 1.77. The van der Waals surface area contributed by atoms with Crippen molar-refractivity contribution in [2.24, 2.45) is 0 Å². The molecule has 1 heterocycles. The molecule has 0 atom stereocenters. The van der Waals surface area contributed by atoms with Crippen LogP contribution in [0.1, 0.15) is 0 Å². The van der Waals surface area contributed by atoms with E-state index in [4.69, 9.17) is 4.74 Å². The Bertz CT molecular complexity index is 366. The summed E-state index contributed by atoms with van der Waals surface area (Å²) in [6.07, 6.45) is 0. The van der Waals surface area contributed by atoms with Crippen LogP contribution in [0.5, 0.6) is 11.5 Å². The number of hydrogen-bond donors (Lipinski definition) is 0. The van der Waals surface area contributed by atoms with E-state index in [0.29, 0.717) is 0 Å². The molecule has 0 aliphatic heterocycles. The second-order valence-electron chi connectivity index (χ2n) is 2.52. The van der Waals surface area contributed by atoms with Gasteiger partial charge in [0.05, 0.1) is 0 Å². The van der Waals surface area contributed by atoms with E-state index in [1.807, 2.05) is 41.1 Å². The van der Waals surface area contributed by atoms with Gasteiger partial charge in [0.2, 0.25) is 0 Å². The quantitative estimate of drug-likeness (QED) is 0.777. The van der Waals surface area contributed by atoms with E-state index in [2.05, 4.69) is 15.9 Å². The Morgan fingerprint density at radius 2 is 1.77 bits per heavy atom. The maximum absolute atomic E-state index is 5.56. The topological polar surface area (TPSA) is 9.23 Å². The van der Waals surface area contributed by atoms with Gasteiger partial charge in [-0.1, -0.05) is 15.9 Å². The summed E-state index contributed by atoms with van der Waals surface area (Å²) < 4.78 is 6.62. The van der Waals surface area contributed by atoms with Crippen molar-refractivity contribution < 1.29 is 4.74 Å². The van der Waals surface area contributed by atoms with Crippen molar-refractivity contribution in [1.82, 2.24) is 0 Å². The fourth-order valence-electron chi connectivity index (χ4n) is 0.949. The first-order valence-electron chi connectivity index (χ1n) is 3.80. The Morgan fingerprint density at radius 3 is 2.38 bits per heavy atom. The molecule has 2 rings (SSSR count). The van der Waals surface area contributed by atoms with Gasteiger partial charge in [-0.15, -0.1) is 11.3 Å². The first kappa shape index (κ1) is 8.78. The summed E-state index contributed by atoms with van der Waals surface area (Å²) in [5, 5.41) is 3.97. The summed E-state index contributed by atoms with van der Waals surface area (Å²) in [6, 6.07) is 9.74. The van der Waals surface area contributed by atoms with Gasteiger partial charge >= 0.3 is 0 Å². The number of thiophene rings is 1. The monoisotopic (exact) mass is 254 g/mol. The van der Waals surface area contributed by atoms with Gasteiger partial charge in [0.1, 0.15) is 11.5 Å². The van der Waals surface area contributed by atoms with Gasteiger partial charge in [0.25, 0.3) is 0 Å². The third-order valence-corrected chi connectivity index (χ3v) is 2.73. The molecule has 1 nitrogen and oxygen atoms in total. The normalized spacial score (nSPS) is 9.92. The van der Waals surface area contributed by atoms with Crippen LogP contribution in [0, 0.1) is 0 Å².